The smallest absolute Gasteiger partial charge is 0.406 e. The quantitative estimate of drug-likeness (QED) is 0.396. The van der Waals surface area contributed by atoms with E-state index in [4.69, 9.17) is 9.57 Å². The van der Waals surface area contributed by atoms with E-state index in [-0.39, 0.29) is 12.4 Å². The minimum atomic E-state index is -4.71. The molecule has 7 heteroatoms. The lowest BCUT2D eigenvalue weighted by Gasteiger charge is -2.10. The Hall–Kier alpha value is -2.98. The second-order valence-electron chi connectivity index (χ2n) is 5.92. The molecule has 0 atom stereocenters. The summed E-state index contributed by atoms with van der Waals surface area (Å²) in [5.74, 6) is 5.31. The van der Waals surface area contributed by atoms with Crippen molar-refractivity contribution in [3.63, 3.8) is 0 Å². The summed E-state index contributed by atoms with van der Waals surface area (Å²) in [6.45, 7) is 4.44. The van der Waals surface area contributed by atoms with Gasteiger partial charge in [0, 0.05) is 18.2 Å². The molecule has 0 unspecified atom stereocenters. The lowest BCUT2D eigenvalue weighted by Crippen LogP contribution is -2.16. The summed E-state index contributed by atoms with van der Waals surface area (Å²) in [6.07, 6.45) is -4.71. The third kappa shape index (κ3) is 6.97. The van der Waals surface area contributed by atoms with Gasteiger partial charge in [0.1, 0.15) is 18.1 Å². The van der Waals surface area contributed by atoms with Crippen LogP contribution in [-0.4, -0.2) is 19.2 Å². The van der Waals surface area contributed by atoms with Crippen molar-refractivity contribution < 1.29 is 27.5 Å². The average molecular weight is 391 g/mol. The molecule has 0 fully saturated rings. The number of nitrogens with zero attached hydrogens (tertiary/aromatic N) is 1. The van der Waals surface area contributed by atoms with Crippen molar-refractivity contribution in [3.05, 3.63) is 64.7 Å². The summed E-state index contributed by atoms with van der Waals surface area (Å²) >= 11 is 0. The Labute approximate surface area is 161 Å². The molecule has 0 saturated heterocycles. The Morgan fingerprint density at radius 1 is 1.07 bits per heavy atom. The number of hydrogen-bond acceptors (Lipinski definition) is 4. The number of oxime groups is 1. The zero-order valence-electron chi connectivity index (χ0n) is 15.8. The Morgan fingerprint density at radius 2 is 1.79 bits per heavy atom. The fourth-order valence-corrected chi connectivity index (χ4v) is 2.38. The van der Waals surface area contributed by atoms with Gasteiger partial charge in [0.15, 0.2) is 0 Å². The van der Waals surface area contributed by atoms with Crippen LogP contribution in [0.1, 0.15) is 29.2 Å². The van der Waals surface area contributed by atoms with Gasteiger partial charge in [-0.3, -0.25) is 0 Å². The summed E-state index contributed by atoms with van der Waals surface area (Å²) in [6, 6.07) is 11.2. The fourth-order valence-electron chi connectivity index (χ4n) is 2.38. The van der Waals surface area contributed by atoms with E-state index in [9.17, 15) is 13.2 Å². The highest BCUT2D eigenvalue weighted by Crippen LogP contribution is 2.22. The molecule has 0 spiro atoms. The van der Waals surface area contributed by atoms with E-state index in [1.165, 1.54) is 24.3 Å². The van der Waals surface area contributed by atoms with Gasteiger partial charge in [-0.1, -0.05) is 29.3 Å². The summed E-state index contributed by atoms with van der Waals surface area (Å²) in [5, 5.41) is 3.97. The van der Waals surface area contributed by atoms with Crippen LogP contribution < -0.4 is 4.74 Å². The predicted octanol–water partition coefficient (Wildman–Crippen LogP) is 4.98. The van der Waals surface area contributed by atoms with Gasteiger partial charge >= 0.3 is 6.36 Å². The standard InChI is InChI=1S/C21H20F3NO3/c1-15-5-4-6-18(13-26-3)20(15)14-27-25-16(2)7-8-17-9-11-19(12-10-17)28-21(22,23)24/h4-6,9-12H,13-14H2,1-3H3/b25-16+. The first-order chi connectivity index (χ1) is 13.3. The Kier molecular flexibility index (Phi) is 7.47. The minimum absolute atomic E-state index is 0.286. The number of rotatable bonds is 6. The highest BCUT2D eigenvalue weighted by Gasteiger charge is 2.30. The van der Waals surface area contributed by atoms with Gasteiger partial charge in [0.05, 0.1) is 6.61 Å². The van der Waals surface area contributed by atoms with Gasteiger partial charge in [0.25, 0.3) is 0 Å². The molecule has 0 N–H and O–H groups in total. The maximum absolute atomic E-state index is 12.1. The van der Waals surface area contributed by atoms with Crippen LogP contribution in [-0.2, 0) is 22.8 Å². The first kappa shape index (κ1) is 21.3. The summed E-state index contributed by atoms with van der Waals surface area (Å²) in [7, 11) is 1.63. The highest BCUT2D eigenvalue weighted by molar-refractivity contribution is 5.98. The molecule has 0 aliphatic heterocycles. The van der Waals surface area contributed by atoms with Crippen LogP contribution in [0.5, 0.6) is 5.75 Å². The molecule has 0 aromatic heterocycles. The maximum Gasteiger partial charge on any atom is 0.573 e. The van der Waals surface area contributed by atoms with E-state index in [0.717, 1.165) is 16.7 Å². The van der Waals surface area contributed by atoms with Crippen molar-refractivity contribution in [2.24, 2.45) is 5.16 Å². The van der Waals surface area contributed by atoms with Gasteiger partial charge < -0.3 is 14.3 Å². The number of halogens is 3. The Balaban J connectivity index is 1.97. The highest BCUT2D eigenvalue weighted by atomic mass is 19.4. The number of ether oxygens (including phenoxy) is 2. The summed E-state index contributed by atoms with van der Waals surface area (Å²) in [4.78, 5) is 5.40. The van der Waals surface area contributed by atoms with Crippen molar-refractivity contribution in [1.29, 1.82) is 0 Å². The van der Waals surface area contributed by atoms with E-state index in [1.54, 1.807) is 14.0 Å². The molecule has 4 nitrogen and oxygen atoms in total. The largest absolute Gasteiger partial charge is 0.573 e. The maximum atomic E-state index is 12.1. The number of hydrogen-bond donors (Lipinski definition) is 0. The van der Waals surface area contributed by atoms with Crippen LogP contribution in [0, 0.1) is 18.8 Å². The van der Waals surface area contributed by atoms with Crippen LogP contribution in [0.3, 0.4) is 0 Å². The van der Waals surface area contributed by atoms with E-state index in [1.807, 2.05) is 25.1 Å². The lowest BCUT2D eigenvalue weighted by molar-refractivity contribution is -0.274. The van der Waals surface area contributed by atoms with Crippen molar-refractivity contribution in [2.75, 3.05) is 7.11 Å². The topological polar surface area (TPSA) is 40.0 Å². The number of alkyl halides is 3. The van der Waals surface area contributed by atoms with Gasteiger partial charge in [-0.05, 0) is 55.2 Å². The van der Waals surface area contributed by atoms with E-state index < -0.39 is 6.36 Å². The number of benzene rings is 2. The molecule has 0 radical (unpaired) electrons. The zero-order valence-corrected chi connectivity index (χ0v) is 15.8. The second kappa shape index (κ2) is 9.81. The van der Waals surface area contributed by atoms with Gasteiger partial charge in [0.2, 0.25) is 0 Å². The van der Waals surface area contributed by atoms with E-state index in [0.29, 0.717) is 17.9 Å². The monoisotopic (exact) mass is 391 g/mol. The second-order valence-corrected chi connectivity index (χ2v) is 5.92. The molecule has 148 valence electrons. The molecule has 0 heterocycles. The molecule has 0 bridgehead atoms. The first-order valence-electron chi connectivity index (χ1n) is 8.39. The van der Waals surface area contributed by atoms with Crippen molar-refractivity contribution >= 4 is 5.71 Å². The van der Waals surface area contributed by atoms with Crippen molar-refractivity contribution in [2.45, 2.75) is 33.4 Å². The van der Waals surface area contributed by atoms with Gasteiger partial charge in [-0.25, -0.2) is 0 Å². The predicted molar refractivity (Wildman–Crippen MR) is 99.8 cm³/mol. The minimum Gasteiger partial charge on any atom is -0.406 e. The van der Waals surface area contributed by atoms with E-state index >= 15 is 0 Å². The van der Waals surface area contributed by atoms with Crippen molar-refractivity contribution in [3.8, 4) is 17.6 Å². The Bertz CT molecular complexity index is 878. The van der Waals surface area contributed by atoms with Crippen LogP contribution in [0.2, 0.25) is 0 Å². The van der Waals surface area contributed by atoms with Crippen molar-refractivity contribution in [1.82, 2.24) is 0 Å². The fraction of sp³-hybridized carbons (Fsp3) is 0.286. The van der Waals surface area contributed by atoms with Gasteiger partial charge in [-0.2, -0.15) is 0 Å². The SMILES string of the molecule is COCc1cccc(C)c1CO/N=C(\C)C#Cc1ccc(OC(F)(F)F)cc1. The lowest BCUT2D eigenvalue weighted by atomic mass is 10.0. The molecule has 2 aromatic rings. The third-order valence-corrected chi connectivity index (χ3v) is 3.69. The third-order valence-electron chi connectivity index (χ3n) is 3.69. The molecule has 0 amide bonds. The Morgan fingerprint density at radius 3 is 2.43 bits per heavy atom. The molecule has 0 saturated carbocycles. The molecule has 2 rings (SSSR count). The molecular weight excluding hydrogens is 371 g/mol. The van der Waals surface area contributed by atoms with Gasteiger partial charge in [-0.15, -0.1) is 13.2 Å². The number of methoxy groups -OCH3 is 1. The molecule has 2 aromatic carbocycles. The van der Waals surface area contributed by atoms with Crippen LogP contribution in [0.15, 0.2) is 47.6 Å². The van der Waals surface area contributed by atoms with Crippen LogP contribution in [0.4, 0.5) is 13.2 Å². The van der Waals surface area contributed by atoms with E-state index in [2.05, 4.69) is 21.7 Å². The molecule has 0 aliphatic rings. The number of aryl methyl sites for hydroxylation is 1. The average Bonchev–Trinajstić information content (AvgIpc) is 2.62. The summed E-state index contributed by atoms with van der Waals surface area (Å²) < 4.78 is 45.4. The normalized spacial score (nSPS) is 11.6. The molecule has 28 heavy (non-hydrogen) atoms. The molecular formula is C21H20F3NO3. The van der Waals surface area contributed by atoms with Crippen LogP contribution >= 0.6 is 0 Å². The summed E-state index contributed by atoms with van der Waals surface area (Å²) in [5.41, 5.74) is 4.09. The zero-order chi connectivity index (χ0) is 20.6. The molecule has 0 aliphatic carbocycles. The first-order valence-corrected chi connectivity index (χ1v) is 8.39. The van der Waals surface area contributed by atoms with Crippen LogP contribution in [0.25, 0.3) is 0 Å².